The Morgan fingerprint density at radius 2 is 2.12 bits per heavy atom. The molecular formula is C15H22N2. The first kappa shape index (κ1) is 12.0. The van der Waals surface area contributed by atoms with Crippen molar-refractivity contribution in [2.24, 2.45) is 0 Å². The molecule has 1 atom stereocenters. The average Bonchev–Trinajstić information content (AvgIpc) is 2.76. The number of H-pyrrole nitrogens is 1. The lowest BCUT2D eigenvalue weighted by Crippen LogP contribution is -2.14. The summed E-state index contributed by atoms with van der Waals surface area (Å²) >= 11 is 0. The van der Waals surface area contributed by atoms with Gasteiger partial charge in [0.25, 0.3) is 0 Å². The molecule has 92 valence electrons. The third-order valence-corrected chi connectivity index (χ3v) is 3.21. The van der Waals surface area contributed by atoms with Gasteiger partial charge in [0, 0.05) is 28.8 Å². The number of aromatic nitrogens is 1. The van der Waals surface area contributed by atoms with Crippen LogP contribution < -0.4 is 5.32 Å². The number of unbranched alkanes of at least 4 members (excludes halogenated alkanes) is 2. The first-order valence-electron chi connectivity index (χ1n) is 6.63. The van der Waals surface area contributed by atoms with Gasteiger partial charge in [-0.2, -0.15) is 0 Å². The maximum Gasteiger partial charge on any atom is 0.0455 e. The molecule has 2 aromatic rings. The number of rotatable bonds is 6. The van der Waals surface area contributed by atoms with Gasteiger partial charge in [-0.25, -0.2) is 0 Å². The van der Waals surface area contributed by atoms with Crippen molar-refractivity contribution in [3.05, 3.63) is 30.5 Å². The fourth-order valence-corrected chi connectivity index (χ4v) is 2.20. The van der Waals surface area contributed by atoms with E-state index in [4.69, 9.17) is 0 Å². The average molecular weight is 230 g/mol. The minimum atomic E-state index is 0.554. The first-order valence-corrected chi connectivity index (χ1v) is 6.63. The van der Waals surface area contributed by atoms with E-state index in [0.29, 0.717) is 6.04 Å². The highest BCUT2D eigenvalue weighted by atomic mass is 14.9. The molecule has 0 fully saturated rings. The quantitative estimate of drug-likeness (QED) is 0.700. The van der Waals surface area contributed by atoms with Crippen LogP contribution in [0.1, 0.15) is 39.5 Å². The molecule has 2 heteroatoms. The Labute approximate surface area is 103 Å². The first-order chi connectivity index (χ1) is 8.29. The Balaban J connectivity index is 1.93. The van der Waals surface area contributed by atoms with E-state index < -0.39 is 0 Å². The van der Waals surface area contributed by atoms with Gasteiger partial charge in [-0.1, -0.05) is 26.2 Å². The van der Waals surface area contributed by atoms with E-state index in [9.17, 15) is 0 Å². The molecule has 0 bridgehead atoms. The van der Waals surface area contributed by atoms with Gasteiger partial charge in [-0.05, 0) is 37.6 Å². The molecule has 17 heavy (non-hydrogen) atoms. The second-order valence-corrected chi connectivity index (χ2v) is 4.82. The van der Waals surface area contributed by atoms with Crippen LogP contribution in [0.4, 0.5) is 5.69 Å². The molecule has 1 heterocycles. The molecule has 0 aliphatic heterocycles. The second-order valence-electron chi connectivity index (χ2n) is 4.82. The summed E-state index contributed by atoms with van der Waals surface area (Å²) < 4.78 is 0. The molecule has 2 nitrogen and oxygen atoms in total. The molecule has 0 radical (unpaired) electrons. The molecule has 2 N–H and O–H groups in total. The lowest BCUT2D eigenvalue weighted by atomic mass is 10.1. The summed E-state index contributed by atoms with van der Waals surface area (Å²) in [6.45, 7) is 4.51. The Morgan fingerprint density at radius 3 is 2.94 bits per heavy atom. The van der Waals surface area contributed by atoms with Crippen molar-refractivity contribution in [3.8, 4) is 0 Å². The van der Waals surface area contributed by atoms with Crippen molar-refractivity contribution in [3.63, 3.8) is 0 Å². The number of hydrogen-bond donors (Lipinski definition) is 2. The Morgan fingerprint density at radius 1 is 1.24 bits per heavy atom. The number of fused-ring (bicyclic) bond motifs is 1. The number of aromatic amines is 1. The second kappa shape index (κ2) is 5.76. The van der Waals surface area contributed by atoms with Gasteiger partial charge in [0.05, 0.1) is 0 Å². The number of anilines is 1. The molecule has 0 saturated carbocycles. The van der Waals surface area contributed by atoms with Crippen LogP contribution in [0.15, 0.2) is 30.5 Å². The zero-order chi connectivity index (χ0) is 12.1. The molecular weight excluding hydrogens is 208 g/mol. The van der Waals surface area contributed by atoms with Gasteiger partial charge in [0.2, 0.25) is 0 Å². The van der Waals surface area contributed by atoms with Gasteiger partial charge in [-0.15, -0.1) is 0 Å². The summed E-state index contributed by atoms with van der Waals surface area (Å²) in [5, 5.41) is 4.84. The molecule has 1 aromatic carbocycles. The van der Waals surface area contributed by atoms with Crippen molar-refractivity contribution in [1.82, 2.24) is 4.98 Å². The number of benzene rings is 1. The van der Waals surface area contributed by atoms with Gasteiger partial charge in [0.15, 0.2) is 0 Å². The normalized spacial score (nSPS) is 12.8. The molecule has 1 unspecified atom stereocenters. The van der Waals surface area contributed by atoms with Crippen molar-refractivity contribution < 1.29 is 0 Å². The minimum absolute atomic E-state index is 0.554. The van der Waals surface area contributed by atoms with E-state index in [1.807, 2.05) is 6.20 Å². The maximum absolute atomic E-state index is 3.57. The molecule has 2 rings (SSSR count). The van der Waals surface area contributed by atoms with Crippen molar-refractivity contribution in [1.29, 1.82) is 0 Å². The van der Waals surface area contributed by atoms with Crippen LogP contribution in [-0.4, -0.2) is 11.0 Å². The SMILES string of the molecule is CCCCCC(C)Nc1ccc2[nH]ccc2c1. The molecule has 1 aromatic heterocycles. The molecule has 0 spiro atoms. The number of nitrogens with one attached hydrogen (secondary N) is 2. The predicted octanol–water partition coefficient (Wildman–Crippen LogP) is 4.55. The van der Waals surface area contributed by atoms with E-state index in [1.165, 1.54) is 42.3 Å². The summed E-state index contributed by atoms with van der Waals surface area (Å²) in [4.78, 5) is 3.21. The van der Waals surface area contributed by atoms with Gasteiger partial charge >= 0.3 is 0 Å². The third-order valence-electron chi connectivity index (χ3n) is 3.21. The zero-order valence-electron chi connectivity index (χ0n) is 10.8. The minimum Gasteiger partial charge on any atom is -0.383 e. The smallest absolute Gasteiger partial charge is 0.0455 e. The van der Waals surface area contributed by atoms with E-state index in [0.717, 1.165) is 0 Å². The lowest BCUT2D eigenvalue weighted by molar-refractivity contribution is 0.615. The van der Waals surface area contributed by atoms with Crippen LogP contribution in [0.3, 0.4) is 0 Å². The van der Waals surface area contributed by atoms with Crippen molar-refractivity contribution in [2.75, 3.05) is 5.32 Å². The summed E-state index contributed by atoms with van der Waals surface area (Å²) in [5.74, 6) is 0. The Kier molecular flexibility index (Phi) is 4.08. The fourth-order valence-electron chi connectivity index (χ4n) is 2.20. The summed E-state index contributed by atoms with van der Waals surface area (Å²) in [7, 11) is 0. The van der Waals surface area contributed by atoms with Crippen LogP contribution in [0.25, 0.3) is 10.9 Å². The standard InChI is InChI=1S/C15H22N2/c1-3-4-5-6-12(2)17-14-7-8-15-13(11-14)9-10-16-15/h7-12,16-17H,3-6H2,1-2H3. The highest BCUT2D eigenvalue weighted by molar-refractivity contribution is 5.82. The van der Waals surface area contributed by atoms with Crippen molar-refractivity contribution >= 4 is 16.6 Å². The maximum atomic E-state index is 3.57. The zero-order valence-corrected chi connectivity index (χ0v) is 10.8. The fraction of sp³-hybridized carbons (Fsp3) is 0.467. The van der Waals surface area contributed by atoms with Crippen LogP contribution >= 0.6 is 0 Å². The number of hydrogen-bond acceptors (Lipinski definition) is 1. The predicted molar refractivity (Wildman–Crippen MR) is 75.5 cm³/mol. The van der Waals surface area contributed by atoms with Gasteiger partial charge in [0.1, 0.15) is 0 Å². The largest absolute Gasteiger partial charge is 0.383 e. The van der Waals surface area contributed by atoms with E-state index in [2.05, 4.69) is 48.4 Å². The topological polar surface area (TPSA) is 27.8 Å². The van der Waals surface area contributed by atoms with E-state index in [-0.39, 0.29) is 0 Å². The van der Waals surface area contributed by atoms with Crippen molar-refractivity contribution in [2.45, 2.75) is 45.6 Å². The summed E-state index contributed by atoms with van der Waals surface area (Å²) in [5.41, 5.74) is 2.43. The van der Waals surface area contributed by atoms with Gasteiger partial charge < -0.3 is 10.3 Å². The highest BCUT2D eigenvalue weighted by Crippen LogP contribution is 2.19. The third kappa shape index (κ3) is 3.26. The van der Waals surface area contributed by atoms with Gasteiger partial charge in [-0.3, -0.25) is 0 Å². The van der Waals surface area contributed by atoms with E-state index >= 15 is 0 Å². The van der Waals surface area contributed by atoms with Crippen LogP contribution in [0, 0.1) is 0 Å². The molecule has 0 aliphatic carbocycles. The van der Waals surface area contributed by atoms with Crippen LogP contribution in [0.2, 0.25) is 0 Å². The Bertz CT molecular complexity index is 459. The lowest BCUT2D eigenvalue weighted by Gasteiger charge is -2.15. The Hall–Kier alpha value is -1.44. The monoisotopic (exact) mass is 230 g/mol. The highest BCUT2D eigenvalue weighted by Gasteiger charge is 2.02. The molecule has 0 aliphatic rings. The summed E-state index contributed by atoms with van der Waals surface area (Å²) in [6.07, 6.45) is 7.18. The van der Waals surface area contributed by atoms with Crippen LogP contribution in [0.5, 0.6) is 0 Å². The van der Waals surface area contributed by atoms with Crippen LogP contribution in [-0.2, 0) is 0 Å². The van der Waals surface area contributed by atoms with E-state index in [1.54, 1.807) is 0 Å². The molecule has 0 amide bonds. The summed E-state index contributed by atoms with van der Waals surface area (Å²) in [6, 6.07) is 9.16. The molecule has 0 saturated heterocycles.